The van der Waals surface area contributed by atoms with E-state index in [4.69, 9.17) is 5.73 Å². The number of imidazole rings is 1. The molecule has 0 aliphatic carbocycles. The Morgan fingerprint density at radius 2 is 2.31 bits per heavy atom. The van der Waals surface area contributed by atoms with Gasteiger partial charge in [-0.05, 0) is 6.92 Å². The van der Waals surface area contributed by atoms with Crippen molar-refractivity contribution in [3.05, 3.63) is 17.7 Å². The van der Waals surface area contributed by atoms with Crippen molar-refractivity contribution in [1.29, 1.82) is 0 Å². The Bertz CT molecular complexity index is 382. The van der Waals surface area contributed by atoms with Gasteiger partial charge in [-0.2, -0.15) is 0 Å². The predicted molar refractivity (Wildman–Crippen MR) is 49.7 cm³/mol. The maximum Gasteiger partial charge on any atom is 0.157 e. The summed E-state index contributed by atoms with van der Waals surface area (Å²) in [6, 6.07) is 0. The molecular formula is C7H13N3O2S. The third kappa shape index (κ3) is 2.28. The standard InChI is InChI=1S/C7H13N3O2S/c1-5(13(2,11)12)7-9-4-6(3-8)10-7/h4-5H,3,8H2,1-2H3,(H,9,10). The van der Waals surface area contributed by atoms with Crippen LogP contribution in [-0.2, 0) is 16.4 Å². The van der Waals surface area contributed by atoms with Crippen molar-refractivity contribution in [2.75, 3.05) is 6.26 Å². The van der Waals surface area contributed by atoms with Crippen LogP contribution in [0, 0.1) is 0 Å². The van der Waals surface area contributed by atoms with Gasteiger partial charge >= 0.3 is 0 Å². The minimum Gasteiger partial charge on any atom is -0.344 e. The molecule has 0 saturated carbocycles. The van der Waals surface area contributed by atoms with Gasteiger partial charge in [-0.15, -0.1) is 0 Å². The lowest BCUT2D eigenvalue weighted by molar-refractivity contribution is 0.589. The Labute approximate surface area is 77.3 Å². The number of sulfone groups is 1. The van der Waals surface area contributed by atoms with Crippen LogP contribution in [0.4, 0.5) is 0 Å². The summed E-state index contributed by atoms with van der Waals surface area (Å²) in [4.78, 5) is 6.79. The van der Waals surface area contributed by atoms with Gasteiger partial charge in [0.15, 0.2) is 9.84 Å². The summed E-state index contributed by atoms with van der Waals surface area (Å²) >= 11 is 0. The molecule has 0 saturated heterocycles. The van der Waals surface area contributed by atoms with Crippen LogP contribution >= 0.6 is 0 Å². The smallest absolute Gasteiger partial charge is 0.157 e. The van der Waals surface area contributed by atoms with E-state index in [1.54, 1.807) is 13.1 Å². The summed E-state index contributed by atoms with van der Waals surface area (Å²) in [7, 11) is -3.09. The van der Waals surface area contributed by atoms with E-state index in [-0.39, 0.29) is 0 Å². The van der Waals surface area contributed by atoms with Crippen molar-refractivity contribution in [2.24, 2.45) is 5.73 Å². The SMILES string of the molecule is CC(c1ncc(CN)[nH]1)S(C)(=O)=O. The van der Waals surface area contributed by atoms with Crippen LogP contribution in [0.3, 0.4) is 0 Å². The quantitative estimate of drug-likeness (QED) is 0.722. The normalized spacial score (nSPS) is 14.4. The van der Waals surface area contributed by atoms with Crippen molar-refractivity contribution < 1.29 is 8.42 Å². The molecule has 0 amide bonds. The molecule has 1 unspecified atom stereocenters. The summed E-state index contributed by atoms with van der Waals surface area (Å²) in [5.41, 5.74) is 6.09. The highest BCUT2D eigenvalue weighted by molar-refractivity contribution is 7.90. The molecule has 1 atom stereocenters. The molecule has 13 heavy (non-hydrogen) atoms. The van der Waals surface area contributed by atoms with Gasteiger partial charge in [0.25, 0.3) is 0 Å². The number of hydrogen-bond donors (Lipinski definition) is 2. The van der Waals surface area contributed by atoms with Crippen LogP contribution < -0.4 is 5.73 Å². The zero-order valence-corrected chi connectivity index (χ0v) is 8.43. The number of nitrogens with zero attached hydrogens (tertiary/aromatic N) is 1. The number of aromatic nitrogens is 2. The summed E-state index contributed by atoms with van der Waals surface area (Å²) in [6.07, 6.45) is 2.74. The monoisotopic (exact) mass is 203 g/mol. The van der Waals surface area contributed by atoms with E-state index in [1.165, 1.54) is 6.26 Å². The summed E-state index contributed by atoms with van der Waals surface area (Å²) in [5, 5.41) is -0.604. The van der Waals surface area contributed by atoms with Gasteiger partial charge in [-0.3, -0.25) is 0 Å². The zero-order chi connectivity index (χ0) is 10.1. The van der Waals surface area contributed by atoms with Crippen molar-refractivity contribution in [2.45, 2.75) is 18.7 Å². The lowest BCUT2D eigenvalue weighted by Crippen LogP contribution is -2.09. The predicted octanol–water partition coefficient (Wildman–Crippen LogP) is -0.0260. The second kappa shape index (κ2) is 3.47. The molecule has 1 aromatic rings. The van der Waals surface area contributed by atoms with E-state index >= 15 is 0 Å². The Morgan fingerprint density at radius 1 is 1.69 bits per heavy atom. The molecule has 0 radical (unpaired) electrons. The molecule has 74 valence electrons. The van der Waals surface area contributed by atoms with Crippen LogP contribution in [0.2, 0.25) is 0 Å². The summed E-state index contributed by atoms with van der Waals surface area (Å²) in [5.74, 6) is 0.447. The molecule has 1 rings (SSSR count). The fourth-order valence-electron chi connectivity index (χ4n) is 0.890. The molecule has 0 fully saturated rings. The Morgan fingerprint density at radius 3 is 2.69 bits per heavy atom. The summed E-state index contributed by atoms with van der Waals surface area (Å²) < 4.78 is 22.3. The first kappa shape index (κ1) is 10.2. The highest BCUT2D eigenvalue weighted by Gasteiger charge is 2.19. The molecule has 0 spiro atoms. The molecule has 1 heterocycles. The van der Waals surface area contributed by atoms with Gasteiger partial charge in [0.2, 0.25) is 0 Å². The lowest BCUT2D eigenvalue weighted by atomic mass is 10.4. The number of nitrogens with two attached hydrogens (primary N) is 1. The van der Waals surface area contributed by atoms with Gasteiger partial charge in [-0.25, -0.2) is 13.4 Å². The minimum absolute atomic E-state index is 0.337. The van der Waals surface area contributed by atoms with E-state index in [0.29, 0.717) is 12.4 Å². The van der Waals surface area contributed by atoms with Gasteiger partial charge in [0.05, 0.1) is 0 Å². The van der Waals surface area contributed by atoms with Crippen LogP contribution in [0.15, 0.2) is 6.20 Å². The van der Waals surface area contributed by atoms with Crippen LogP contribution in [0.25, 0.3) is 0 Å². The number of rotatable bonds is 3. The maximum atomic E-state index is 11.1. The molecule has 0 aromatic carbocycles. The highest BCUT2D eigenvalue weighted by atomic mass is 32.2. The molecular weight excluding hydrogens is 190 g/mol. The number of hydrogen-bond acceptors (Lipinski definition) is 4. The second-order valence-electron chi connectivity index (χ2n) is 2.97. The Kier molecular flexibility index (Phi) is 2.72. The van der Waals surface area contributed by atoms with Crippen molar-refractivity contribution in [1.82, 2.24) is 9.97 Å². The van der Waals surface area contributed by atoms with Crippen LogP contribution in [0.1, 0.15) is 23.7 Å². The summed E-state index contributed by atoms with van der Waals surface area (Å²) in [6.45, 7) is 1.93. The van der Waals surface area contributed by atoms with E-state index < -0.39 is 15.1 Å². The number of aromatic amines is 1. The molecule has 6 heteroatoms. The fourth-order valence-corrected chi connectivity index (χ4v) is 1.41. The van der Waals surface area contributed by atoms with Gasteiger partial charge < -0.3 is 10.7 Å². The zero-order valence-electron chi connectivity index (χ0n) is 7.61. The molecule has 0 bridgehead atoms. The Balaban J connectivity index is 2.96. The lowest BCUT2D eigenvalue weighted by Gasteiger charge is -2.04. The van der Waals surface area contributed by atoms with E-state index in [0.717, 1.165) is 5.69 Å². The van der Waals surface area contributed by atoms with E-state index in [9.17, 15) is 8.42 Å². The topological polar surface area (TPSA) is 88.8 Å². The highest BCUT2D eigenvalue weighted by Crippen LogP contribution is 2.16. The molecule has 1 aromatic heterocycles. The molecule has 0 aliphatic rings. The third-order valence-corrected chi connectivity index (χ3v) is 3.40. The average Bonchev–Trinajstić information content (AvgIpc) is 2.48. The largest absolute Gasteiger partial charge is 0.344 e. The fraction of sp³-hybridized carbons (Fsp3) is 0.571. The maximum absolute atomic E-state index is 11.1. The van der Waals surface area contributed by atoms with Crippen molar-refractivity contribution in [3.63, 3.8) is 0 Å². The first-order valence-electron chi connectivity index (χ1n) is 3.88. The molecule has 0 aliphatic heterocycles. The average molecular weight is 203 g/mol. The van der Waals surface area contributed by atoms with Gasteiger partial charge in [0.1, 0.15) is 11.1 Å². The minimum atomic E-state index is -3.09. The van der Waals surface area contributed by atoms with E-state index in [2.05, 4.69) is 9.97 Å². The molecule has 3 N–H and O–H groups in total. The molecule has 5 nitrogen and oxygen atoms in total. The first-order valence-corrected chi connectivity index (χ1v) is 5.83. The number of H-pyrrole nitrogens is 1. The van der Waals surface area contributed by atoms with Crippen LogP contribution in [0.5, 0.6) is 0 Å². The number of nitrogens with one attached hydrogen (secondary N) is 1. The first-order chi connectivity index (χ1) is 5.95. The van der Waals surface area contributed by atoms with Gasteiger partial charge in [0, 0.05) is 24.7 Å². The van der Waals surface area contributed by atoms with Crippen molar-refractivity contribution >= 4 is 9.84 Å². The van der Waals surface area contributed by atoms with Crippen molar-refractivity contribution in [3.8, 4) is 0 Å². The van der Waals surface area contributed by atoms with Crippen LogP contribution in [-0.4, -0.2) is 24.6 Å². The second-order valence-corrected chi connectivity index (χ2v) is 5.34. The Hall–Kier alpha value is -0.880. The van der Waals surface area contributed by atoms with E-state index in [1.807, 2.05) is 0 Å². The third-order valence-electron chi connectivity index (χ3n) is 1.90. The van der Waals surface area contributed by atoms with Gasteiger partial charge in [-0.1, -0.05) is 0 Å².